The summed E-state index contributed by atoms with van der Waals surface area (Å²) < 4.78 is 15.8. The van der Waals surface area contributed by atoms with Gasteiger partial charge in [-0.05, 0) is 30.5 Å². The average Bonchev–Trinajstić information content (AvgIpc) is 3.43. The Kier molecular flexibility index (Phi) is 5.45. The van der Waals surface area contributed by atoms with E-state index in [1.807, 2.05) is 11.0 Å². The Morgan fingerprint density at radius 3 is 2.68 bits per heavy atom. The zero-order valence-corrected chi connectivity index (χ0v) is 18.4. The van der Waals surface area contributed by atoms with E-state index in [0.29, 0.717) is 24.3 Å². The number of rotatable bonds is 4. The number of fused-ring (bicyclic) bond motifs is 2. The number of methoxy groups -OCH3 is 1. The minimum absolute atomic E-state index is 0.0203. The van der Waals surface area contributed by atoms with Crippen molar-refractivity contribution < 1.29 is 9.53 Å². The molecule has 2 aliphatic heterocycles. The summed E-state index contributed by atoms with van der Waals surface area (Å²) in [7, 11) is 1.53. The average molecular weight is 440 g/mol. The Balaban J connectivity index is 1.43. The van der Waals surface area contributed by atoms with E-state index in [-0.39, 0.29) is 11.5 Å². The molecule has 0 aliphatic carbocycles. The summed E-state index contributed by atoms with van der Waals surface area (Å²) >= 11 is 1.22. The van der Waals surface area contributed by atoms with Gasteiger partial charge in [0.2, 0.25) is 0 Å². The number of carbonyl (C=O) groups excluding carboxylic acids is 1. The van der Waals surface area contributed by atoms with Crippen LogP contribution in [0.2, 0.25) is 0 Å². The van der Waals surface area contributed by atoms with Gasteiger partial charge in [0.25, 0.3) is 11.5 Å². The number of nitrogens with zero attached hydrogens (tertiary/aromatic N) is 5. The molecule has 1 amide bonds. The second-order valence-electron chi connectivity index (χ2n) is 8.14. The summed E-state index contributed by atoms with van der Waals surface area (Å²) in [6.45, 7) is 4.35. The van der Waals surface area contributed by atoms with Crippen LogP contribution < -0.4 is 10.3 Å². The molecule has 0 unspecified atom stereocenters. The van der Waals surface area contributed by atoms with Crippen LogP contribution in [0.1, 0.15) is 34.5 Å². The van der Waals surface area contributed by atoms with Crippen molar-refractivity contribution >= 4 is 28.7 Å². The monoisotopic (exact) mass is 439 g/mol. The van der Waals surface area contributed by atoms with Crippen LogP contribution in [0.5, 0.6) is 5.75 Å². The summed E-state index contributed by atoms with van der Waals surface area (Å²) in [5, 5.41) is 0. The van der Waals surface area contributed by atoms with Crippen molar-refractivity contribution in [3.63, 3.8) is 0 Å². The standard InChI is InChI=1S/C22H25N5O3S/c1-30-19-13-20(28)27-11-10-25(14-15-4-5-16-17(12-15)24-31-23-16)9-6-18(27)21(19)22(29)26-7-2-3-8-26/h4-5,12-13H,2-3,6-11,14H2,1H3. The first-order chi connectivity index (χ1) is 15.1. The van der Waals surface area contributed by atoms with E-state index in [4.69, 9.17) is 4.74 Å². The molecule has 1 saturated heterocycles. The molecule has 0 N–H and O–H groups in total. The number of carbonyl (C=O) groups is 1. The zero-order valence-electron chi connectivity index (χ0n) is 17.5. The van der Waals surface area contributed by atoms with Gasteiger partial charge >= 0.3 is 0 Å². The fourth-order valence-electron chi connectivity index (χ4n) is 4.61. The minimum Gasteiger partial charge on any atom is -0.496 e. The summed E-state index contributed by atoms with van der Waals surface area (Å²) in [5.74, 6) is 0.371. The molecule has 8 nitrogen and oxygen atoms in total. The number of amides is 1. The van der Waals surface area contributed by atoms with E-state index in [1.54, 1.807) is 4.57 Å². The lowest BCUT2D eigenvalue weighted by Crippen LogP contribution is -2.33. The van der Waals surface area contributed by atoms with Crippen LogP contribution in [0.15, 0.2) is 29.1 Å². The van der Waals surface area contributed by atoms with Gasteiger partial charge < -0.3 is 14.2 Å². The minimum atomic E-state index is -0.110. The molecular weight excluding hydrogens is 414 g/mol. The van der Waals surface area contributed by atoms with Crippen LogP contribution in [0.3, 0.4) is 0 Å². The van der Waals surface area contributed by atoms with Crippen molar-refractivity contribution in [2.45, 2.75) is 32.4 Å². The van der Waals surface area contributed by atoms with Crippen molar-refractivity contribution in [3.05, 3.63) is 51.4 Å². The van der Waals surface area contributed by atoms with E-state index < -0.39 is 0 Å². The normalized spacial score (nSPS) is 17.0. The van der Waals surface area contributed by atoms with Crippen LogP contribution in [0.25, 0.3) is 11.0 Å². The third-order valence-electron chi connectivity index (χ3n) is 6.24. The molecule has 0 radical (unpaired) electrons. The molecule has 0 bridgehead atoms. The maximum Gasteiger partial charge on any atom is 0.259 e. The largest absolute Gasteiger partial charge is 0.496 e. The quantitative estimate of drug-likeness (QED) is 0.620. The lowest BCUT2D eigenvalue weighted by atomic mass is 10.1. The lowest BCUT2D eigenvalue weighted by molar-refractivity contribution is 0.0787. The van der Waals surface area contributed by atoms with Crippen LogP contribution in [0, 0.1) is 0 Å². The van der Waals surface area contributed by atoms with Crippen LogP contribution in [-0.4, -0.2) is 62.3 Å². The van der Waals surface area contributed by atoms with Gasteiger partial charge in [-0.2, -0.15) is 8.75 Å². The van der Waals surface area contributed by atoms with Gasteiger partial charge in [-0.1, -0.05) is 6.07 Å². The number of pyridine rings is 1. The predicted octanol–water partition coefficient (Wildman–Crippen LogP) is 2.16. The molecule has 0 atom stereocenters. The molecule has 0 spiro atoms. The second-order valence-corrected chi connectivity index (χ2v) is 8.67. The fourth-order valence-corrected chi connectivity index (χ4v) is 5.12. The summed E-state index contributed by atoms with van der Waals surface area (Å²) in [6.07, 6.45) is 2.67. The molecule has 9 heteroatoms. The van der Waals surface area contributed by atoms with Crippen LogP contribution in [-0.2, 0) is 19.5 Å². The number of likely N-dealkylation sites (tertiary alicyclic amines) is 1. The molecule has 31 heavy (non-hydrogen) atoms. The first kappa shape index (κ1) is 20.1. The number of aromatic nitrogens is 3. The van der Waals surface area contributed by atoms with Crippen molar-refractivity contribution in [2.24, 2.45) is 0 Å². The highest BCUT2D eigenvalue weighted by atomic mass is 32.1. The Morgan fingerprint density at radius 1 is 1.06 bits per heavy atom. The first-order valence-electron chi connectivity index (χ1n) is 10.7. The molecule has 1 fully saturated rings. The lowest BCUT2D eigenvalue weighted by Gasteiger charge is -2.21. The Labute approximate surface area is 184 Å². The summed E-state index contributed by atoms with van der Waals surface area (Å²) in [4.78, 5) is 30.3. The molecule has 4 heterocycles. The topological polar surface area (TPSA) is 80.6 Å². The highest BCUT2D eigenvalue weighted by Crippen LogP contribution is 2.26. The zero-order chi connectivity index (χ0) is 21.4. The van der Waals surface area contributed by atoms with Gasteiger partial charge in [-0.15, -0.1) is 0 Å². The number of ether oxygens (including phenoxy) is 1. The van der Waals surface area contributed by atoms with Crippen molar-refractivity contribution in [1.29, 1.82) is 0 Å². The highest BCUT2D eigenvalue weighted by molar-refractivity contribution is 7.00. The van der Waals surface area contributed by atoms with Crippen molar-refractivity contribution in [1.82, 2.24) is 23.1 Å². The van der Waals surface area contributed by atoms with Gasteiger partial charge in [0.1, 0.15) is 22.3 Å². The summed E-state index contributed by atoms with van der Waals surface area (Å²) in [5.41, 5.74) is 4.25. The Morgan fingerprint density at radius 2 is 1.87 bits per heavy atom. The third kappa shape index (κ3) is 3.83. The van der Waals surface area contributed by atoms with Crippen LogP contribution >= 0.6 is 11.7 Å². The van der Waals surface area contributed by atoms with Gasteiger partial charge in [0, 0.05) is 57.4 Å². The van der Waals surface area contributed by atoms with E-state index in [9.17, 15) is 9.59 Å². The predicted molar refractivity (Wildman–Crippen MR) is 119 cm³/mol. The van der Waals surface area contributed by atoms with Gasteiger partial charge in [0.05, 0.1) is 18.8 Å². The molecular formula is C22H25N5O3S. The van der Waals surface area contributed by atoms with Crippen LogP contribution in [0.4, 0.5) is 0 Å². The number of hydrogen-bond acceptors (Lipinski definition) is 7. The number of hydrogen-bond donors (Lipinski definition) is 0. The van der Waals surface area contributed by atoms with Gasteiger partial charge in [-0.3, -0.25) is 14.5 Å². The van der Waals surface area contributed by atoms with E-state index in [1.165, 1.54) is 30.5 Å². The van der Waals surface area contributed by atoms with E-state index in [0.717, 1.165) is 62.3 Å². The van der Waals surface area contributed by atoms with E-state index in [2.05, 4.69) is 25.8 Å². The SMILES string of the molecule is COc1cc(=O)n2c(c1C(=O)N1CCCC1)CCN(Cc1ccc3nsnc3c1)CC2. The maximum absolute atomic E-state index is 13.3. The highest BCUT2D eigenvalue weighted by Gasteiger charge is 2.29. The molecule has 2 aliphatic rings. The van der Waals surface area contributed by atoms with Crippen molar-refractivity contribution in [3.8, 4) is 5.75 Å². The van der Waals surface area contributed by atoms with E-state index >= 15 is 0 Å². The van der Waals surface area contributed by atoms with Gasteiger partial charge in [-0.25, -0.2) is 0 Å². The molecule has 2 aromatic heterocycles. The molecule has 5 rings (SSSR count). The van der Waals surface area contributed by atoms with Crippen molar-refractivity contribution in [2.75, 3.05) is 33.3 Å². The molecule has 162 valence electrons. The second kappa shape index (κ2) is 8.39. The maximum atomic E-state index is 13.3. The molecule has 3 aromatic rings. The smallest absolute Gasteiger partial charge is 0.259 e. The first-order valence-corrected chi connectivity index (χ1v) is 11.4. The molecule has 1 aromatic carbocycles. The third-order valence-corrected chi connectivity index (χ3v) is 6.79. The Bertz CT molecular complexity index is 1180. The molecule has 0 saturated carbocycles. The number of benzene rings is 1. The fraction of sp³-hybridized carbons (Fsp3) is 0.455. The Hall–Kier alpha value is -2.78. The summed E-state index contributed by atoms with van der Waals surface area (Å²) in [6, 6.07) is 7.63. The van der Waals surface area contributed by atoms with Gasteiger partial charge in [0.15, 0.2) is 0 Å².